The van der Waals surface area contributed by atoms with Crippen molar-refractivity contribution in [2.45, 2.75) is 12.5 Å². The third-order valence-electron chi connectivity index (χ3n) is 8.75. The zero-order valence-electron chi connectivity index (χ0n) is 28.7. The first kappa shape index (κ1) is 36.5. The highest BCUT2D eigenvalue weighted by molar-refractivity contribution is 6.31. The van der Waals surface area contributed by atoms with E-state index in [-0.39, 0.29) is 34.3 Å². The third kappa shape index (κ3) is 8.14. The Morgan fingerprint density at radius 2 is 1.74 bits per heavy atom. The van der Waals surface area contributed by atoms with Gasteiger partial charge in [0.15, 0.2) is 5.82 Å². The number of tetrazole rings is 1. The highest BCUT2D eigenvalue weighted by Gasteiger charge is 2.36. The van der Waals surface area contributed by atoms with E-state index in [4.69, 9.17) is 11.6 Å². The van der Waals surface area contributed by atoms with Crippen molar-refractivity contribution in [1.29, 1.82) is 0 Å². The van der Waals surface area contributed by atoms with Gasteiger partial charge in [-0.3, -0.25) is 14.4 Å². The van der Waals surface area contributed by atoms with Gasteiger partial charge in [0.2, 0.25) is 5.91 Å². The van der Waals surface area contributed by atoms with Crippen LogP contribution in [0.15, 0.2) is 91.3 Å². The zero-order valence-corrected chi connectivity index (χ0v) is 29.4. The maximum Gasteiger partial charge on any atom is 0.335 e. The van der Waals surface area contributed by atoms with Crippen LogP contribution in [-0.2, 0) is 16.0 Å². The Balaban J connectivity index is 1.33. The summed E-state index contributed by atoms with van der Waals surface area (Å²) in [5.41, 5.74) is 4.16. The van der Waals surface area contributed by atoms with E-state index in [1.165, 1.54) is 64.5 Å². The molecule has 2 heterocycles. The number of likely N-dealkylation sites (N-methyl/N-ethyl adjacent to an activating group) is 1. The van der Waals surface area contributed by atoms with Crippen molar-refractivity contribution >= 4 is 47.1 Å². The van der Waals surface area contributed by atoms with E-state index in [9.17, 15) is 24.3 Å². The summed E-state index contributed by atoms with van der Waals surface area (Å²) < 4.78 is 16.5. The van der Waals surface area contributed by atoms with Gasteiger partial charge in [-0.2, -0.15) is 4.68 Å². The lowest BCUT2D eigenvalue weighted by atomic mass is 9.85. The molecule has 270 valence electrons. The van der Waals surface area contributed by atoms with E-state index >= 15 is 4.39 Å². The first-order chi connectivity index (χ1) is 25.5. The molecule has 13 nitrogen and oxygen atoms in total. The minimum absolute atomic E-state index is 0.0350. The molecule has 3 N–H and O–H groups in total. The summed E-state index contributed by atoms with van der Waals surface area (Å²) in [7, 11) is 3.86. The van der Waals surface area contributed by atoms with Crippen LogP contribution in [0.3, 0.4) is 0 Å². The summed E-state index contributed by atoms with van der Waals surface area (Å²) in [6.07, 6.45) is 4.10. The van der Waals surface area contributed by atoms with Crippen LogP contribution in [0, 0.1) is 5.82 Å². The monoisotopic (exact) mass is 736 g/mol. The second-order valence-electron chi connectivity index (χ2n) is 12.4. The zero-order chi connectivity index (χ0) is 37.6. The van der Waals surface area contributed by atoms with Gasteiger partial charge in [0.25, 0.3) is 11.8 Å². The van der Waals surface area contributed by atoms with Crippen molar-refractivity contribution < 1.29 is 28.7 Å². The number of carboxylic acids is 1. The van der Waals surface area contributed by atoms with Crippen LogP contribution in [0.4, 0.5) is 10.1 Å². The quantitative estimate of drug-likeness (QED) is 0.160. The average Bonchev–Trinajstić information content (AvgIpc) is 3.69. The summed E-state index contributed by atoms with van der Waals surface area (Å²) in [4.78, 5) is 55.6. The number of nitrogens with one attached hydrogen (secondary N) is 2. The minimum Gasteiger partial charge on any atom is -0.478 e. The number of anilines is 1. The molecule has 0 spiro atoms. The largest absolute Gasteiger partial charge is 0.478 e. The number of amides is 3. The molecular weight excluding hydrogens is 703 g/mol. The number of carbonyl (C=O) groups excluding carboxylic acids is 3. The lowest BCUT2D eigenvalue weighted by Crippen LogP contribution is -2.45. The number of aromatic nitrogens is 4. The van der Waals surface area contributed by atoms with Gasteiger partial charge in [-0.1, -0.05) is 41.9 Å². The predicted molar refractivity (Wildman–Crippen MR) is 196 cm³/mol. The number of halogens is 2. The van der Waals surface area contributed by atoms with Gasteiger partial charge >= 0.3 is 5.97 Å². The third-order valence-corrected chi connectivity index (χ3v) is 9.04. The Labute approximate surface area is 308 Å². The number of carboxylic acid groups (broad SMARTS) is 1. The number of hydrogen-bond donors (Lipinski definition) is 3. The van der Waals surface area contributed by atoms with E-state index in [1.807, 2.05) is 37.2 Å². The van der Waals surface area contributed by atoms with Crippen LogP contribution in [0.1, 0.15) is 43.4 Å². The molecule has 0 saturated carbocycles. The predicted octanol–water partition coefficient (Wildman–Crippen LogP) is 4.89. The summed E-state index contributed by atoms with van der Waals surface area (Å²) in [5.74, 6) is -3.20. The highest BCUT2D eigenvalue weighted by atomic mass is 35.5. The standard InChI is InChI=1S/C38H34ClFN8O5/c1-46(2)21-19-41-36(50)24-8-6-23(7-9-24)27-4-3-5-29-28(27)18-20-47(35(29)37(51)43-26-12-10-25(11-13-26)38(52)53)33(49)17-14-30-32(48-22-42-44-45-48)16-15-31(39)34(30)40/h3-17,22,35H,18-21H2,1-2H3,(H,41,50)(H,43,51)(H,52,53)/b17-14+. The first-order valence-electron chi connectivity index (χ1n) is 16.5. The average molecular weight is 737 g/mol. The van der Waals surface area contributed by atoms with E-state index in [2.05, 4.69) is 26.2 Å². The molecule has 0 bridgehead atoms. The SMILES string of the molecule is CN(C)CCNC(=O)c1ccc(-c2cccc3c2CCN(C(=O)/C=C/c2c(-n4cnnn4)ccc(Cl)c2F)C3C(=O)Nc2ccc(C(=O)O)cc2)cc1. The summed E-state index contributed by atoms with van der Waals surface area (Å²) in [6.45, 7) is 1.34. The lowest BCUT2D eigenvalue weighted by Gasteiger charge is -2.37. The Morgan fingerprint density at radius 3 is 2.42 bits per heavy atom. The summed E-state index contributed by atoms with van der Waals surface area (Å²) in [6, 6.07) is 20.1. The molecule has 0 fully saturated rings. The number of aromatic carboxylic acids is 1. The van der Waals surface area contributed by atoms with Crippen LogP contribution in [0.25, 0.3) is 22.9 Å². The number of nitrogens with zero attached hydrogens (tertiary/aromatic N) is 6. The van der Waals surface area contributed by atoms with Crippen LogP contribution in [0.2, 0.25) is 5.02 Å². The maximum atomic E-state index is 15.3. The van der Waals surface area contributed by atoms with Crippen LogP contribution >= 0.6 is 11.6 Å². The smallest absolute Gasteiger partial charge is 0.335 e. The lowest BCUT2D eigenvalue weighted by molar-refractivity contribution is -0.135. The van der Waals surface area contributed by atoms with Crippen LogP contribution in [0.5, 0.6) is 0 Å². The molecule has 0 saturated heterocycles. The topological polar surface area (TPSA) is 163 Å². The second-order valence-corrected chi connectivity index (χ2v) is 12.9. The van der Waals surface area contributed by atoms with Crippen molar-refractivity contribution in [2.75, 3.05) is 39.0 Å². The van der Waals surface area contributed by atoms with Crippen molar-refractivity contribution in [3.63, 3.8) is 0 Å². The molecule has 53 heavy (non-hydrogen) atoms. The summed E-state index contributed by atoms with van der Waals surface area (Å²) >= 11 is 6.08. The van der Waals surface area contributed by atoms with Gasteiger partial charge in [0, 0.05) is 42.5 Å². The van der Waals surface area contributed by atoms with Gasteiger partial charge in [0.1, 0.15) is 12.4 Å². The molecule has 0 radical (unpaired) electrons. The van der Waals surface area contributed by atoms with Crippen LogP contribution in [-0.4, -0.2) is 92.5 Å². The van der Waals surface area contributed by atoms with Gasteiger partial charge in [-0.05, 0) is 108 Å². The van der Waals surface area contributed by atoms with Gasteiger partial charge in [-0.25, -0.2) is 9.18 Å². The van der Waals surface area contributed by atoms with Gasteiger partial charge in [-0.15, -0.1) is 5.10 Å². The van der Waals surface area contributed by atoms with Crippen molar-refractivity contribution in [3.8, 4) is 16.8 Å². The molecule has 0 aliphatic carbocycles. The van der Waals surface area contributed by atoms with Gasteiger partial charge in [0.05, 0.1) is 16.3 Å². The molecule has 1 aromatic heterocycles. The number of hydrogen-bond acceptors (Lipinski definition) is 8. The normalized spacial score (nSPS) is 13.9. The number of carbonyl (C=O) groups is 4. The van der Waals surface area contributed by atoms with Crippen molar-refractivity contribution in [3.05, 3.63) is 130 Å². The second kappa shape index (κ2) is 16.0. The number of rotatable bonds is 11. The Bertz CT molecular complexity index is 2190. The molecule has 1 unspecified atom stereocenters. The molecule has 4 aromatic carbocycles. The van der Waals surface area contributed by atoms with E-state index in [0.717, 1.165) is 16.7 Å². The highest BCUT2D eigenvalue weighted by Crippen LogP contribution is 2.37. The van der Waals surface area contributed by atoms with Crippen LogP contribution < -0.4 is 10.6 Å². The molecule has 6 rings (SSSR count). The van der Waals surface area contributed by atoms with Crippen molar-refractivity contribution in [2.24, 2.45) is 0 Å². The van der Waals surface area contributed by atoms with Crippen molar-refractivity contribution in [1.82, 2.24) is 35.3 Å². The molecule has 1 aliphatic rings. The maximum absolute atomic E-state index is 15.3. The molecule has 1 aliphatic heterocycles. The first-order valence-corrected chi connectivity index (χ1v) is 16.9. The number of fused-ring (bicyclic) bond motifs is 1. The fourth-order valence-corrected chi connectivity index (χ4v) is 6.26. The molecule has 1 atom stereocenters. The molecular formula is C38H34ClFN8O5. The Hall–Kier alpha value is -6.25. The van der Waals surface area contributed by atoms with E-state index in [0.29, 0.717) is 36.3 Å². The molecule has 15 heteroatoms. The van der Waals surface area contributed by atoms with E-state index in [1.54, 1.807) is 24.3 Å². The Kier molecular flexibility index (Phi) is 11.0. The molecule has 3 amide bonds. The molecule has 5 aromatic rings. The fraction of sp³-hybridized carbons (Fsp3) is 0.184. The summed E-state index contributed by atoms with van der Waals surface area (Å²) in [5, 5.41) is 25.9. The minimum atomic E-state index is -1.13. The Morgan fingerprint density at radius 1 is 1.00 bits per heavy atom. The fourth-order valence-electron chi connectivity index (χ4n) is 6.10. The number of benzene rings is 4. The van der Waals surface area contributed by atoms with E-state index < -0.39 is 29.6 Å². The van der Waals surface area contributed by atoms with Gasteiger partial charge < -0.3 is 25.5 Å².